The molecule has 0 aromatic heterocycles. The number of hydrogen-bond donors (Lipinski definition) is 2. The van der Waals surface area contributed by atoms with Gasteiger partial charge in [0.25, 0.3) is 20.2 Å². The predicted molar refractivity (Wildman–Crippen MR) is 195 cm³/mol. The van der Waals surface area contributed by atoms with Gasteiger partial charge in [0.15, 0.2) is 0 Å². The number of ether oxygens (including phenoxy) is 1. The topological polar surface area (TPSA) is 118 Å². The Labute approximate surface area is 330 Å². The maximum Gasteiger partial charge on any atom is 0.298 e. The molecule has 7 nitrogen and oxygen atoms in total. The zero-order chi connectivity index (χ0) is 33.0. The molecule has 258 valence electrons. The van der Waals surface area contributed by atoms with Crippen molar-refractivity contribution in [3.63, 3.8) is 0 Å². The summed E-state index contributed by atoms with van der Waals surface area (Å²) in [7, 11) is -9.35. The van der Waals surface area contributed by atoms with Crippen molar-refractivity contribution in [1.82, 2.24) is 0 Å². The molecule has 2 N–H and O–H groups in total. The van der Waals surface area contributed by atoms with E-state index in [1.165, 1.54) is 89.2 Å². The molecule has 0 spiro atoms. The van der Waals surface area contributed by atoms with Crippen molar-refractivity contribution in [2.75, 3.05) is 0 Å². The minimum Gasteiger partial charge on any atom is -0.454 e. The normalized spacial score (nSPS) is 11.6. The Morgan fingerprint density at radius 2 is 0.745 bits per heavy atom. The maximum absolute atomic E-state index is 12.5. The third kappa shape index (κ3) is 19.3. The average molecular weight is 713 g/mol. The summed E-state index contributed by atoms with van der Waals surface area (Å²) in [6.45, 7) is 4.42. The first-order valence-corrected chi connectivity index (χ1v) is 20.3. The molecular weight excluding hydrogens is 655 g/mol. The quantitative estimate of drug-likeness (QED) is 0.0566. The third-order valence-corrected chi connectivity index (χ3v) is 10.4. The number of unbranched alkanes of at least 4 members (excludes halogenated alkanes) is 18. The predicted octanol–water partition coefficient (Wildman–Crippen LogP) is 10.1. The molecule has 0 aliphatic rings. The van der Waals surface area contributed by atoms with Gasteiger partial charge in [0.05, 0.1) is 0 Å². The average Bonchev–Trinajstić information content (AvgIpc) is 2.98. The molecule has 0 atom stereocenters. The standard InChI is InChI=1S/C36H58O7S2.2Na/c1-3-5-7-9-11-13-15-17-19-21-25-31-27-23-29-33(35(31)44(37,38)39)43-34-30-24-28-32(36(34)45(40,41)42)26-22-20-18-16-14-12-10-8-6-4-2;;/h23-24,27-30H,3-22,25-26H2,1-2H3,(H,37,38,39)(H,40,41,42);;. The Kier molecular flexibility index (Phi) is 26.8. The summed E-state index contributed by atoms with van der Waals surface area (Å²) in [5.41, 5.74) is 0.842. The second kappa shape index (κ2) is 26.8. The maximum atomic E-state index is 12.5. The molecule has 0 bridgehead atoms. The van der Waals surface area contributed by atoms with Crippen LogP contribution in [0.4, 0.5) is 0 Å². The zero-order valence-corrected chi connectivity index (χ0v) is 35.4. The second-order valence-electron chi connectivity index (χ2n) is 12.4. The van der Waals surface area contributed by atoms with Crippen molar-refractivity contribution >= 4 is 79.4 Å². The Morgan fingerprint density at radius 1 is 0.468 bits per heavy atom. The second-order valence-corrected chi connectivity index (χ2v) is 15.1. The summed E-state index contributed by atoms with van der Waals surface area (Å²) < 4.78 is 76.3. The van der Waals surface area contributed by atoms with Crippen LogP contribution in [-0.2, 0) is 33.1 Å². The molecule has 0 aliphatic heterocycles. The Balaban J connectivity index is 0.0000106. The van der Waals surface area contributed by atoms with Gasteiger partial charge in [-0.3, -0.25) is 9.11 Å². The summed E-state index contributed by atoms with van der Waals surface area (Å²) in [5, 5.41) is 0. The molecule has 2 rings (SSSR count). The van der Waals surface area contributed by atoms with Crippen LogP contribution in [0.15, 0.2) is 46.2 Å². The van der Waals surface area contributed by atoms with E-state index in [0.717, 1.165) is 51.4 Å². The van der Waals surface area contributed by atoms with Gasteiger partial charge in [-0.05, 0) is 48.9 Å². The largest absolute Gasteiger partial charge is 0.454 e. The van der Waals surface area contributed by atoms with Gasteiger partial charge in [-0.25, -0.2) is 0 Å². The Hall–Kier alpha value is 0.0600. The number of rotatable bonds is 26. The van der Waals surface area contributed by atoms with E-state index >= 15 is 0 Å². The van der Waals surface area contributed by atoms with Crippen molar-refractivity contribution < 1.29 is 30.7 Å². The van der Waals surface area contributed by atoms with E-state index < -0.39 is 20.2 Å². The van der Waals surface area contributed by atoms with Gasteiger partial charge in [-0.2, -0.15) is 16.8 Å². The molecular formula is C36H58Na2O7S2. The molecule has 47 heavy (non-hydrogen) atoms. The van der Waals surface area contributed by atoms with Crippen LogP contribution in [-0.4, -0.2) is 85.1 Å². The van der Waals surface area contributed by atoms with Crippen LogP contribution >= 0.6 is 0 Å². The van der Waals surface area contributed by atoms with E-state index in [9.17, 15) is 25.9 Å². The molecule has 2 radical (unpaired) electrons. The molecule has 2 aromatic rings. The number of aryl methyl sites for hydroxylation is 2. The first-order chi connectivity index (χ1) is 21.6. The van der Waals surface area contributed by atoms with Crippen molar-refractivity contribution in [2.45, 2.75) is 165 Å². The van der Waals surface area contributed by atoms with E-state index in [1.807, 2.05) is 0 Å². The van der Waals surface area contributed by atoms with E-state index in [4.69, 9.17) is 4.74 Å². The SMILES string of the molecule is CCCCCCCCCCCCc1cccc(Oc2cccc(CCCCCCCCCCCC)c2S(=O)(=O)O)c1S(=O)(=O)O.[Na].[Na]. The molecule has 0 heterocycles. The first-order valence-electron chi connectivity index (χ1n) is 17.5. The minimum atomic E-state index is -4.67. The minimum absolute atomic E-state index is 0. The summed E-state index contributed by atoms with van der Waals surface area (Å²) in [6.07, 6.45) is 23.8. The monoisotopic (exact) mass is 712 g/mol. The fraction of sp³-hybridized carbons (Fsp3) is 0.667. The van der Waals surface area contributed by atoms with E-state index in [1.54, 1.807) is 24.3 Å². The fourth-order valence-electron chi connectivity index (χ4n) is 5.99. The summed E-state index contributed by atoms with van der Waals surface area (Å²) in [5.74, 6) is -0.328. The molecule has 0 saturated carbocycles. The van der Waals surface area contributed by atoms with Gasteiger partial charge in [-0.1, -0.05) is 154 Å². The number of hydrogen-bond acceptors (Lipinski definition) is 5. The van der Waals surface area contributed by atoms with Gasteiger partial charge in [0.2, 0.25) is 0 Å². The van der Waals surface area contributed by atoms with Crippen LogP contribution in [0.3, 0.4) is 0 Å². The molecule has 0 unspecified atom stereocenters. The van der Waals surface area contributed by atoms with E-state index in [2.05, 4.69) is 13.8 Å². The van der Waals surface area contributed by atoms with Crippen molar-refractivity contribution in [3.05, 3.63) is 47.5 Å². The van der Waals surface area contributed by atoms with Crippen LogP contribution in [0, 0.1) is 0 Å². The molecule has 2 aromatic carbocycles. The Bertz CT molecular complexity index is 1230. The first kappa shape index (κ1) is 47.1. The van der Waals surface area contributed by atoms with Crippen molar-refractivity contribution in [2.24, 2.45) is 0 Å². The zero-order valence-electron chi connectivity index (χ0n) is 29.8. The van der Waals surface area contributed by atoms with Crippen LogP contribution < -0.4 is 4.74 Å². The van der Waals surface area contributed by atoms with Crippen LogP contribution in [0.2, 0.25) is 0 Å². The fourth-order valence-corrected chi connectivity index (χ4v) is 7.72. The summed E-state index contributed by atoms with van der Waals surface area (Å²) in [4.78, 5) is -0.718. The van der Waals surface area contributed by atoms with Crippen LogP contribution in [0.1, 0.15) is 153 Å². The van der Waals surface area contributed by atoms with Crippen LogP contribution in [0.25, 0.3) is 0 Å². The van der Waals surface area contributed by atoms with Gasteiger partial charge in [0.1, 0.15) is 21.3 Å². The van der Waals surface area contributed by atoms with E-state index in [0.29, 0.717) is 24.0 Å². The molecule has 0 aliphatic carbocycles. The van der Waals surface area contributed by atoms with Gasteiger partial charge in [-0.15, -0.1) is 0 Å². The van der Waals surface area contributed by atoms with E-state index in [-0.39, 0.29) is 80.4 Å². The molecule has 0 saturated heterocycles. The van der Waals surface area contributed by atoms with Gasteiger partial charge in [0, 0.05) is 59.1 Å². The summed E-state index contributed by atoms with van der Waals surface area (Å²) >= 11 is 0. The summed E-state index contributed by atoms with van der Waals surface area (Å²) in [6, 6.07) is 9.36. The third-order valence-electron chi connectivity index (χ3n) is 8.46. The Morgan fingerprint density at radius 3 is 1.02 bits per heavy atom. The molecule has 11 heteroatoms. The van der Waals surface area contributed by atoms with Crippen molar-refractivity contribution in [1.29, 1.82) is 0 Å². The van der Waals surface area contributed by atoms with Gasteiger partial charge < -0.3 is 4.74 Å². The smallest absolute Gasteiger partial charge is 0.298 e. The van der Waals surface area contributed by atoms with Crippen molar-refractivity contribution in [3.8, 4) is 11.5 Å². The molecule has 0 amide bonds. The van der Waals surface area contributed by atoms with Gasteiger partial charge >= 0.3 is 0 Å². The number of benzene rings is 2. The molecule has 0 fully saturated rings. The van der Waals surface area contributed by atoms with Crippen LogP contribution in [0.5, 0.6) is 11.5 Å².